The first kappa shape index (κ1) is 15.0. The minimum Gasteiger partial charge on any atom is -0.497 e. The molecule has 0 radical (unpaired) electrons. The van der Waals surface area contributed by atoms with Crippen molar-refractivity contribution in [2.75, 3.05) is 12.4 Å². The van der Waals surface area contributed by atoms with Gasteiger partial charge in [0.1, 0.15) is 5.75 Å². The van der Waals surface area contributed by atoms with Gasteiger partial charge in [-0.1, -0.05) is 23.8 Å². The molecule has 0 unspecified atom stereocenters. The largest absolute Gasteiger partial charge is 0.497 e. The maximum atomic E-state index is 11.8. The molecule has 1 N–H and O–H groups in total. The van der Waals surface area contributed by atoms with Crippen LogP contribution >= 0.6 is 0 Å². The number of allylic oxidation sites excluding steroid dienone is 4. The van der Waals surface area contributed by atoms with E-state index < -0.39 is 0 Å². The number of ether oxygens (including phenoxy) is 1. The van der Waals surface area contributed by atoms with E-state index in [1.54, 1.807) is 7.11 Å². The molecule has 3 heteroatoms. The van der Waals surface area contributed by atoms with E-state index in [4.69, 9.17) is 4.74 Å². The van der Waals surface area contributed by atoms with E-state index in [1.807, 2.05) is 56.3 Å². The number of hydrogen-bond donors (Lipinski definition) is 1. The van der Waals surface area contributed by atoms with Gasteiger partial charge < -0.3 is 10.1 Å². The smallest absolute Gasteiger partial charge is 0.224 e. The summed E-state index contributed by atoms with van der Waals surface area (Å²) in [5, 5.41) is 2.87. The molecule has 1 amide bonds. The molecule has 0 spiro atoms. The van der Waals surface area contributed by atoms with Crippen molar-refractivity contribution in [2.24, 2.45) is 0 Å². The van der Waals surface area contributed by atoms with Gasteiger partial charge in [0.2, 0.25) is 5.91 Å². The van der Waals surface area contributed by atoms with E-state index in [9.17, 15) is 4.79 Å². The van der Waals surface area contributed by atoms with Crippen molar-refractivity contribution in [3.05, 3.63) is 48.1 Å². The Morgan fingerprint density at radius 2 is 1.89 bits per heavy atom. The Kier molecular flexibility index (Phi) is 6.44. The SMILES string of the molecule is CC=CC(=CC)CCC(=O)Nc1ccc(OC)cc1. The van der Waals surface area contributed by atoms with Crippen molar-refractivity contribution in [3.63, 3.8) is 0 Å². The van der Waals surface area contributed by atoms with Crippen molar-refractivity contribution >= 4 is 11.6 Å². The lowest BCUT2D eigenvalue weighted by molar-refractivity contribution is -0.116. The summed E-state index contributed by atoms with van der Waals surface area (Å²) in [7, 11) is 1.62. The molecule has 0 atom stereocenters. The van der Waals surface area contributed by atoms with Crippen LogP contribution in [-0.2, 0) is 4.79 Å². The fourth-order valence-corrected chi connectivity index (χ4v) is 1.69. The van der Waals surface area contributed by atoms with Gasteiger partial charge in [-0.25, -0.2) is 0 Å². The number of hydrogen-bond acceptors (Lipinski definition) is 2. The molecule has 3 nitrogen and oxygen atoms in total. The molecule has 0 saturated carbocycles. The molecule has 0 aromatic heterocycles. The first-order chi connectivity index (χ1) is 9.19. The molecule has 102 valence electrons. The van der Waals surface area contributed by atoms with Crippen LogP contribution in [0.4, 0.5) is 5.69 Å². The summed E-state index contributed by atoms with van der Waals surface area (Å²) in [6, 6.07) is 7.32. The minimum absolute atomic E-state index is 0.0222. The molecule has 0 bridgehead atoms. The van der Waals surface area contributed by atoms with E-state index in [1.165, 1.54) is 5.57 Å². The Morgan fingerprint density at radius 3 is 2.42 bits per heavy atom. The van der Waals surface area contributed by atoms with Gasteiger partial charge in [-0.15, -0.1) is 0 Å². The van der Waals surface area contributed by atoms with Gasteiger partial charge in [0.25, 0.3) is 0 Å². The van der Waals surface area contributed by atoms with E-state index >= 15 is 0 Å². The van der Waals surface area contributed by atoms with E-state index in [0.29, 0.717) is 6.42 Å². The Morgan fingerprint density at radius 1 is 1.21 bits per heavy atom. The highest BCUT2D eigenvalue weighted by Crippen LogP contribution is 2.16. The van der Waals surface area contributed by atoms with Crippen LogP contribution in [0.5, 0.6) is 5.75 Å². The monoisotopic (exact) mass is 259 g/mol. The summed E-state index contributed by atoms with van der Waals surface area (Å²) in [5.41, 5.74) is 1.96. The number of anilines is 1. The van der Waals surface area contributed by atoms with Gasteiger partial charge in [-0.2, -0.15) is 0 Å². The summed E-state index contributed by atoms with van der Waals surface area (Å²) in [4.78, 5) is 11.8. The average Bonchev–Trinajstić information content (AvgIpc) is 2.44. The van der Waals surface area contributed by atoms with E-state index in [-0.39, 0.29) is 5.91 Å². The Hall–Kier alpha value is -2.03. The molecule has 0 aliphatic rings. The Labute approximate surface area is 115 Å². The van der Waals surface area contributed by atoms with Crippen LogP contribution < -0.4 is 10.1 Å². The summed E-state index contributed by atoms with van der Waals surface area (Å²) < 4.78 is 5.07. The molecular weight excluding hydrogens is 238 g/mol. The normalized spacial score (nSPS) is 11.6. The van der Waals surface area contributed by atoms with Crippen LogP contribution in [0, 0.1) is 0 Å². The second kappa shape index (κ2) is 8.14. The first-order valence-electron chi connectivity index (χ1n) is 6.41. The third-order valence-electron chi connectivity index (χ3n) is 2.77. The molecular formula is C16H21NO2. The summed E-state index contributed by atoms with van der Waals surface area (Å²) in [5.74, 6) is 0.802. The van der Waals surface area contributed by atoms with Gasteiger partial charge in [-0.05, 0) is 44.5 Å². The molecule has 19 heavy (non-hydrogen) atoms. The van der Waals surface area contributed by atoms with Crippen molar-refractivity contribution in [3.8, 4) is 5.75 Å². The number of methoxy groups -OCH3 is 1. The predicted molar refractivity (Wildman–Crippen MR) is 79.4 cm³/mol. The number of rotatable bonds is 6. The number of nitrogens with one attached hydrogen (secondary N) is 1. The zero-order chi connectivity index (χ0) is 14.1. The molecule has 1 aromatic rings. The van der Waals surface area contributed by atoms with E-state index in [0.717, 1.165) is 17.9 Å². The van der Waals surface area contributed by atoms with Crippen LogP contribution in [0.25, 0.3) is 0 Å². The Balaban J connectivity index is 2.46. The lowest BCUT2D eigenvalue weighted by Crippen LogP contribution is -2.11. The second-order valence-corrected chi connectivity index (χ2v) is 4.14. The Bertz CT molecular complexity index is 458. The minimum atomic E-state index is 0.0222. The predicted octanol–water partition coefficient (Wildman–Crippen LogP) is 3.94. The molecule has 0 heterocycles. The fraction of sp³-hybridized carbons (Fsp3) is 0.312. The summed E-state index contributed by atoms with van der Waals surface area (Å²) in [6.07, 6.45) is 7.27. The average molecular weight is 259 g/mol. The zero-order valence-electron chi connectivity index (χ0n) is 11.8. The van der Waals surface area contributed by atoms with Crippen LogP contribution in [-0.4, -0.2) is 13.0 Å². The lowest BCUT2D eigenvalue weighted by Gasteiger charge is -2.06. The number of carbonyl (C=O) groups excluding carboxylic acids is 1. The van der Waals surface area contributed by atoms with Crippen molar-refractivity contribution in [1.29, 1.82) is 0 Å². The molecule has 0 aliphatic carbocycles. The van der Waals surface area contributed by atoms with Gasteiger partial charge >= 0.3 is 0 Å². The van der Waals surface area contributed by atoms with Gasteiger partial charge in [-0.3, -0.25) is 4.79 Å². The molecule has 1 aromatic carbocycles. The number of carbonyl (C=O) groups is 1. The molecule has 1 rings (SSSR count). The third-order valence-corrected chi connectivity index (χ3v) is 2.77. The molecule has 0 aliphatic heterocycles. The van der Waals surface area contributed by atoms with Gasteiger partial charge in [0.15, 0.2) is 0 Å². The third kappa shape index (κ3) is 5.42. The maximum Gasteiger partial charge on any atom is 0.224 e. The topological polar surface area (TPSA) is 38.3 Å². The second-order valence-electron chi connectivity index (χ2n) is 4.14. The highest BCUT2D eigenvalue weighted by molar-refractivity contribution is 5.90. The summed E-state index contributed by atoms with van der Waals surface area (Å²) in [6.45, 7) is 3.96. The van der Waals surface area contributed by atoms with Crippen LogP contribution in [0.2, 0.25) is 0 Å². The maximum absolute atomic E-state index is 11.8. The standard InChI is InChI=1S/C16H21NO2/c1-4-6-13(5-2)7-12-16(18)17-14-8-10-15(19-3)11-9-14/h4-6,8-11H,7,12H2,1-3H3,(H,17,18). The van der Waals surface area contributed by atoms with Crippen molar-refractivity contribution < 1.29 is 9.53 Å². The van der Waals surface area contributed by atoms with Gasteiger partial charge in [0.05, 0.1) is 7.11 Å². The highest BCUT2D eigenvalue weighted by atomic mass is 16.5. The zero-order valence-corrected chi connectivity index (χ0v) is 11.8. The number of benzene rings is 1. The molecule has 0 fully saturated rings. The van der Waals surface area contributed by atoms with Crippen LogP contribution in [0.15, 0.2) is 48.1 Å². The van der Waals surface area contributed by atoms with Crippen molar-refractivity contribution in [1.82, 2.24) is 0 Å². The van der Waals surface area contributed by atoms with Crippen molar-refractivity contribution in [2.45, 2.75) is 26.7 Å². The fourth-order valence-electron chi connectivity index (χ4n) is 1.69. The first-order valence-corrected chi connectivity index (χ1v) is 6.41. The van der Waals surface area contributed by atoms with Crippen LogP contribution in [0.3, 0.4) is 0 Å². The quantitative estimate of drug-likeness (QED) is 0.786. The van der Waals surface area contributed by atoms with Crippen LogP contribution in [0.1, 0.15) is 26.7 Å². The molecule has 0 saturated heterocycles. The lowest BCUT2D eigenvalue weighted by atomic mass is 10.1. The summed E-state index contributed by atoms with van der Waals surface area (Å²) >= 11 is 0. The number of amides is 1. The van der Waals surface area contributed by atoms with E-state index in [2.05, 4.69) is 5.32 Å². The van der Waals surface area contributed by atoms with Gasteiger partial charge in [0, 0.05) is 12.1 Å². The highest BCUT2D eigenvalue weighted by Gasteiger charge is 2.03.